The van der Waals surface area contributed by atoms with Crippen molar-refractivity contribution in [3.05, 3.63) is 36.5 Å². The molecule has 0 unspecified atom stereocenters. The SMILES string of the molecule is OC1(COc2cnc3ccccc3c2)CCCCC1. The molecule has 1 heterocycles. The number of aromatic nitrogens is 1. The number of hydrogen-bond donors (Lipinski definition) is 1. The molecule has 100 valence electrons. The van der Waals surface area contributed by atoms with E-state index in [4.69, 9.17) is 4.74 Å². The van der Waals surface area contributed by atoms with Crippen molar-refractivity contribution >= 4 is 10.9 Å². The van der Waals surface area contributed by atoms with E-state index in [1.54, 1.807) is 6.20 Å². The summed E-state index contributed by atoms with van der Waals surface area (Å²) in [7, 11) is 0. The molecule has 1 aliphatic carbocycles. The fourth-order valence-corrected chi connectivity index (χ4v) is 2.70. The minimum absolute atomic E-state index is 0.368. The van der Waals surface area contributed by atoms with Gasteiger partial charge in [-0.2, -0.15) is 0 Å². The summed E-state index contributed by atoms with van der Waals surface area (Å²) in [6, 6.07) is 9.94. The van der Waals surface area contributed by atoms with Gasteiger partial charge >= 0.3 is 0 Å². The molecule has 0 atom stereocenters. The van der Waals surface area contributed by atoms with E-state index < -0.39 is 5.60 Å². The molecule has 19 heavy (non-hydrogen) atoms. The molecule has 1 aromatic heterocycles. The predicted octanol–water partition coefficient (Wildman–Crippen LogP) is 3.31. The third kappa shape index (κ3) is 2.87. The number of pyridine rings is 1. The molecule has 1 aliphatic rings. The minimum Gasteiger partial charge on any atom is -0.489 e. The topological polar surface area (TPSA) is 42.4 Å². The lowest BCUT2D eigenvalue weighted by Crippen LogP contribution is -2.37. The molecule has 0 saturated heterocycles. The second kappa shape index (κ2) is 5.17. The maximum Gasteiger partial charge on any atom is 0.138 e. The van der Waals surface area contributed by atoms with Crippen molar-refractivity contribution in [2.24, 2.45) is 0 Å². The quantitative estimate of drug-likeness (QED) is 0.917. The lowest BCUT2D eigenvalue weighted by Gasteiger charge is -2.31. The first kappa shape index (κ1) is 12.4. The lowest BCUT2D eigenvalue weighted by molar-refractivity contribution is -0.0339. The molecule has 0 bridgehead atoms. The summed E-state index contributed by atoms with van der Waals surface area (Å²) in [6.45, 7) is 0.368. The van der Waals surface area contributed by atoms with Gasteiger partial charge in [-0.15, -0.1) is 0 Å². The Hall–Kier alpha value is -1.61. The Kier molecular flexibility index (Phi) is 3.38. The Morgan fingerprint density at radius 1 is 1.16 bits per heavy atom. The van der Waals surface area contributed by atoms with Gasteiger partial charge in [-0.3, -0.25) is 4.98 Å². The normalized spacial score (nSPS) is 18.4. The highest BCUT2D eigenvalue weighted by molar-refractivity contribution is 5.79. The van der Waals surface area contributed by atoms with E-state index in [9.17, 15) is 5.11 Å². The zero-order chi connectivity index (χ0) is 13.1. The Morgan fingerprint density at radius 3 is 2.79 bits per heavy atom. The van der Waals surface area contributed by atoms with E-state index in [1.807, 2.05) is 30.3 Å². The molecule has 0 amide bonds. The average molecular weight is 257 g/mol. The van der Waals surface area contributed by atoms with E-state index >= 15 is 0 Å². The van der Waals surface area contributed by atoms with Crippen LogP contribution in [0.3, 0.4) is 0 Å². The average Bonchev–Trinajstić information content (AvgIpc) is 2.46. The number of hydrogen-bond acceptors (Lipinski definition) is 3. The van der Waals surface area contributed by atoms with Gasteiger partial charge in [-0.05, 0) is 25.0 Å². The van der Waals surface area contributed by atoms with Crippen LogP contribution in [-0.2, 0) is 0 Å². The minimum atomic E-state index is -0.649. The molecule has 1 N–H and O–H groups in total. The molecule has 2 aromatic rings. The largest absolute Gasteiger partial charge is 0.489 e. The van der Waals surface area contributed by atoms with Gasteiger partial charge in [0.2, 0.25) is 0 Å². The number of para-hydroxylation sites is 1. The zero-order valence-electron chi connectivity index (χ0n) is 11.0. The van der Waals surface area contributed by atoms with Gasteiger partial charge in [0.05, 0.1) is 17.3 Å². The summed E-state index contributed by atoms with van der Waals surface area (Å²) in [5.74, 6) is 0.734. The van der Waals surface area contributed by atoms with Crippen LogP contribution in [0.2, 0.25) is 0 Å². The first-order valence-electron chi connectivity index (χ1n) is 6.95. The van der Waals surface area contributed by atoms with Gasteiger partial charge < -0.3 is 9.84 Å². The van der Waals surface area contributed by atoms with Crippen molar-refractivity contribution in [1.29, 1.82) is 0 Å². The van der Waals surface area contributed by atoms with Crippen LogP contribution < -0.4 is 4.74 Å². The Bertz CT molecular complexity index is 561. The first-order valence-corrected chi connectivity index (χ1v) is 6.95. The summed E-state index contributed by atoms with van der Waals surface area (Å²) in [5, 5.41) is 11.5. The number of nitrogens with zero attached hydrogens (tertiary/aromatic N) is 1. The van der Waals surface area contributed by atoms with Gasteiger partial charge in [0.15, 0.2) is 0 Å². The maximum atomic E-state index is 10.4. The summed E-state index contributed by atoms with van der Waals surface area (Å²) in [4.78, 5) is 4.36. The van der Waals surface area contributed by atoms with Crippen molar-refractivity contribution in [2.45, 2.75) is 37.7 Å². The predicted molar refractivity (Wildman–Crippen MR) is 75.3 cm³/mol. The van der Waals surface area contributed by atoms with Crippen molar-refractivity contribution in [1.82, 2.24) is 4.98 Å². The molecule has 0 radical (unpaired) electrons. The molecular formula is C16H19NO2. The van der Waals surface area contributed by atoms with Gasteiger partial charge in [0.25, 0.3) is 0 Å². The van der Waals surface area contributed by atoms with Gasteiger partial charge in [0.1, 0.15) is 12.4 Å². The zero-order valence-corrected chi connectivity index (χ0v) is 11.0. The third-order valence-corrected chi connectivity index (χ3v) is 3.86. The second-order valence-corrected chi connectivity index (χ2v) is 5.44. The fraction of sp³-hybridized carbons (Fsp3) is 0.438. The molecule has 3 rings (SSSR count). The monoisotopic (exact) mass is 257 g/mol. The molecule has 1 aromatic carbocycles. The Balaban J connectivity index is 1.71. The van der Waals surface area contributed by atoms with Gasteiger partial charge in [-0.1, -0.05) is 37.5 Å². The van der Waals surface area contributed by atoms with E-state index in [0.29, 0.717) is 6.61 Å². The van der Waals surface area contributed by atoms with Crippen molar-refractivity contribution in [3.8, 4) is 5.75 Å². The number of fused-ring (bicyclic) bond motifs is 1. The van der Waals surface area contributed by atoms with E-state index in [2.05, 4.69) is 4.98 Å². The maximum absolute atomic E-state index is 10.4. The van der Waals surface area contributed by atoms with Crippen LogP contribution in [-0.4, -0.2) is 22.3 Å². The smallest absolute Gasteiger partial charge is 0.138 e. The number of rotatable bonds is 3. The molecule has 3 heteroatoms. The van der Waals surface area contributed by atoms with Crippen LogP contribution in [0.1, 0.15) is 32.1 Å². The van der Waals surface area contributed by atoms with Crippen molar-refractivity contribution in [2.75, 3.05) is 6.61 Å². The van der Waals surface area contributed by atoms with E-state index in [-0.39, 0.29) is 0 Å². The molecule has 1 saturated carbocycles. The van der Waals surface area contributed by atoms with Crippen LogP contribution >= 0.6 is 0 Å². The molecular weight excluding hydrogens is 238 g/mol. The first-order chi connectivity index (χ1) is 9.25. The van der Waals surface area contributed by atoms with Gasteiger partial charge in [0, 0.05) is 5.39 Å². The van der Waals surface area contributed by atoms with Crippen LogP contribution in [0.4, 0.5) is 0 Å². The second-order valence-electron chi connectivity index (χ2n) is 5.44. The summed E-state index contributed by atoms with van der Waals surface area (Å²) < 4.78 is 5.74. The Morgan fingerprint density at radius 2 is 1.95 bits per heavy atom. The van der Waals surface area contributed by atoms with E-state index in [1.165, 1.54) is 6.42 Å². The van der Waals surface area contributed by atoms with Crippen molar-refractivity contribution in [3.63, 3.8) is 0 Å². The fourth-order valence-electron chi connectivity index (χ4n) is 2.70. The van der Waals surface area contributed by atoms with Crippen LogP contribution in [0.5, 0.6) is 5.75 Å². The summed E-state index contributed by atoms with van der Waals surface area (Å²) in [5.41, 5.74) is 0.315. The highest BCUT2D eigenvalue weighted by Gasteiger charge is 2.29. The molecule has 0 aliphatic heterocycles. The van der Waals surface area contributed by atoms with E-state index in [0.717, 1.165) is 42.3 Å². The molecule has 1 fully saturated rings. The number of aliphatic hydroxyl groups is 1. The Labute approximate surface area is 113 Å². The summed E-state index contributed by atoms with van der Waals surface area (Å²) >= 11 is 0. The van der Waals surface area contributed by atoms with Crippen LogP contribution in [0.15, 0.2) is 36.5 Å². The highest BCUT2D eigenvalue weighted by Crippen LogP contribution is 2.29. The third-order valence-electron chi connectivity index (χ3n) is 3.86. The number of ether oxygens (including phenoxy) is 1. The van der Waals surface area contributed by atoms with Crippen LogP contribution in [0.25, 0.3) is 10.9 Å². The summed E-state index contributed by atoms with van der Waals surface area (Å²) in [6.07, 6.45) is 6.82. The highest BCUT2D eigenvalue weighted by atomic mass is 16.5. The van der Waals surface area contributed by atoms with Crippen LogP contribution in [0, 0.1) is 0 Å². The standard InChI is InChI=1S/C16H19NO2/c18-16(8-4-1-5-9-16)12-19-14-10-13-6-2-3-7-15(13)17-11-14/h2-3,6-7,10-11,18H,1,4-5,8-9,12H2. The molecule has 3 nitrogen and oxygen atoms in total. The lowest BCUT2D eigenvalue weighted by atomic mass is 9.85. The van der Waals surface area contributed by atoms with Crippen molar-refractivity contribution < 1.29 is 9.84 Å². The number of benzene rings is 1. The molecule has 0 spiro atoms. The van der Waals surface area contributed by atoms with Gasteiger partial charge in [-0.25, -0.2) is 0 Å².